The Labute approximate surface area is 105 Å². The molecule has 17 heavy (non-hydrogen) atoms. The predicted octanol–water partition coefficient (Wildman–Crippen LogP) is 0.975. The molecule has 1 saturated heterocycles. The largest absolute Gasteiger partial charge is 0.354 e. The van der Waals surface area contributed by atoms with Crippen molar-refractivity contribution >= 4 is 5.91 Å². The van der Waals surface area contributed by atoms with E-state index in [-0.39, 0.29) is 11.9 Å². The SMILES string of the molecule is CC(C)NC(=O)CCNC(C)CN1CCCC1. The van der Waals surface area contributed by atoms with Crippen molar-refractivity contribution in [2.75, 3.05) is 26.2 Å². The minimum Gasteiger partial charge on any atom is -0.354 e. The molecule has 0 aliphatic carbocycles. The van der Waals surface area contributed by atoms with E-state index < -0.39 is 0 Å². The van der Waals surface area contributed by atoms with Crippen molar-refractivity contribution in [3.05, 3.63) is 0 Å². The van der Waals surface area contributed by atoms with Gasteiger partial charge in [0.15, 0.2) is 0 Å². The Bertz CT molecular complexity index is 225. The second kappa shape index (κ2) is 7.67. The standard InChI is InChI=1S/C13H27N3O/c1-11(2)15-13(17)6-7-14-12(3)10-16-8-4-5-9-16/h11-12,14H,4-10H2,1-3H3,(H,15,17). The van der Waals surface area contributed by atoms with E-state index in [4.69, 9.17) is 0 Å². The molecule has 4 heteroatoms. The highest BCUT2D eigenvalue weighted by molar-refractivity contribution is 5.76. The summed E-state index contributed by atoms with van der Waals surface area (Å²) in [5.74, 6) is 0.140. The molecule has 1 aliphatic heterocycles. The van der Waals surface area contributed by atoms with E-state index in [0.29, 0.717) is 12.5 Å². The average Bonchev–Trinajstić information content (AvgIpc) is 2.69. The molecule has 1 atom stereocenters. The van der Waals surface area contributed by atoms with Gasteiger partial charge in [0.1, 0.15) is 0 Å². The highest BCUT2D eigenvalue weighted by Crippen LogP contribution is 2.07. The van der Waals surface area contributed by atoms with E-state index >= 15 is 0 Å². The van der Waals surface area contributed by atoms with Crippen LogP contribution in [-0.4, -0.2) is 49.1 Å². The van der Waals surface area contributed by atoms with Crippen LogP contribution in [0.25, 0.3) is 0 Å². The van der Waals surface area contributed by atoms with Crippen LogP contribution in [0.1, 0.15) is 40.0 Å². The Morgan fingerprint density at radius 1 is 1.24 bits per heavy atom. The van der Waals surface area contributed by atoms with Crippen LogP contribution >= 0.6 is 0 Å². The summed E-state index contributed by atoms with van der Waals surface area (Å²) >= 11 is 0. The van der Waals surface area contributed by atoms with Crippen molar-refractivity contribution in [1.29, 1.82) is 0 Å². The van der Waals surface area contributed by atoms with Crippen LogP contribution in [0.2, 0.25) is 0 Å². The molecule has 0 bridgehead atoms. The first-order valence-electron chi connectivity index (χ1n) is 6.83. The highest BCUT2D eigenvalue weighted by Gasteiger charge is 2.14. The molecule has 4 nitrogen and oxygen atoms in total. The van der Waals surface area contributed by atoms with Crippen LogP contribution in [0.5, 0.6) is 0 Å². The van der Waals surface area contributed by atoms with E-state index in [9.17, 15) is 4.79 Å². The monoisotopic (exact) mass is 241 g/mol. The summed E-state index contributed by atoms with van der Waals surface area (Å²) in [6.07, 6.45) is 3.25. The van der Waals surface area contributed by atoms with Gasteiger partial charge in [-0.05, 0) is 46.7 Å². The first kappa shape index (κ1) is 14.5. The molecule has 0 aromatic heterocycles. The molecule has 100 valence electrons. The minimum atomic E-state index is 0.140. The Morgan fingerprint density at radius 3 is 2.47 bits per heavy atom. The molecular formula is C13H27N3O. The lowest BCUT2D eigenvalue weighted by atomic mass is 10.3. The molecule has 0 aromatic carbocycles. The lowest BCUT2D eigenvalue weighted by Crippen LogP contribution is -2.40. The number of likely N-dealkylation sites (tertiary alicyclic amines) is 1. The van der Waals surface area contributed by atoms with E-state index in [2.05, 4.69) is 22.5 Å². The zero-order chi connectivity index (χ0) is 12.7. The van der Waals surface area contributed by atoms with E-state index in [1.807, 2.05) is 13.8 Å². The molecule has 1 unspecified atom stereocenters. The number of hydrogen-bond donors (Lipinski definition) is 2. The molecule has 0 aromatic rings. The van der Waals surface area contributed by atoms with Gasteiger partial charge in [-0.2, -0.15) is 0 Å². The van der Waals surface area contributed by atoms with Gasteiger partial charge in [0.25, 0.3) is 0 Å². The van der Waals surface area contributed by atoms with Gasteiger partial charge in [-0.25, -0.2) is 0 Å². The summed E-state index contributed by atoms with van der Waals surface area (Å²) in [5.41, 5.74) is 0. The summed E-state index contributed by atoms with van der Waals surface area (Å²) < 4.78 is 0. The Morgan fingerprint density at radius 2 is 1.88 bits per heavy atom. The van der Waals surface area contributed by atoms with Crippen LogP contribution in [0, 0.1) is 0 Å². The van der Waals surface area contributed by atoms with Crippen molar-refractivity contribution in [3.8, 4) is 0 Å². The van der Waals surface area contributed by atoms with Crippen molar-refractivity contribution in [3.63, 3.8) is 0 Å². The molecule has 1 heterocycles. The van der Waals surface area contributed by atoms with Crippen molar-refractivity contribution in [1.82, 2.24) is 15.5 Å². The van der Waals surface area contributed by atoms with Gasteiger partial charge in [-0.3, -0.25) is 4.79 Å². The fourth-order valence-electron chi connectivity index (χ4n) is 2.24. The minimum absolute atomic E-state index is 0.140. The number of rotatable bonds is 7. The molecule has 1 rings (SSSR count). The maximum atomic E-state index is 11.4. The topological polar surface area (TPSA) is 44.4 Å². The fraction of sp³-hybridized carbons (Fsp3) is 0.923. The van der Waals surface area contributed by atoms with Crippen molar-refractivity contribution in [2.45, 2.75) is 52.1 Å². The lowest BCUT2D eigenvalue weighted by molar-refractivity contribution is -0.121. The lowest BCUT2D eigenvalue weighted by Gasteiger charge is -2.21. The molecule has 0 spiro atoms. The van der Waals surface area contributed by atoms with Gasteiger partial charge in [0.2, 0.25) is 5.91 Å². The van der Waals surface area contributed by atoms with Crippen LogP contribution < -0.4 is 10.6 Å². The van der Waals surface area contributed by atoms with E-state index in [1.54, 1.807) is 0 Å². The number of carbonyl (C=O) groups is 1. The van der Waals surface area contributed by atoms with E-state index in [0.717, 1.165) is 13.1 Å². The van der Waals surface area contributed by atoms with Crippen LogP contribution in [-0.2, 0) is 4.79 Å². The van der Waals surface area contributed by atoms with Crippen LogP contribution in [0.15, 0.2) is 0 Å². The van der Waals surface area contributed by atoms with Crippen molar-refractivity contribution in [2.24, 2.45) is 0 Å². The Kier molecular flexibility index (Phi) is 6.52. The third kappa shape index (κ3) is 6.64. The van der Waals surface area contributed by atoms with Crippen LogP contribution in [0.3, 0.4) is 0 Å². The molecular weight excluding hydrogens is 214 g/mol. The molecule has 2 N–H and O–H groups in total. The molecule has 1 aliphatic rings. The average molecular weight is 241 g/mol. The first-order valence-corrected chi connectivity index (χ1v) is 6.83. The normalized spacial score (nSPS) is 18.6. The molecule has 0 saturated carbocycles. The van der Waals surface area contributed by atoms with E-state index in [1.165, 1.54) is 25.9 Å². The maximum Gasteiger partial charge on any atom is 0.221 e. The fourth-order valence-corrected chi connectivity index (χ4v) is 2.24. The smallest absolute Gasteiger partial charge is 0.221 e. The summed E-state index contributed by atoms with van der Waals surface area (Å²) in [6, 6.07) is 0.712. The second-order valence-electron chi connectivity index (χ2n) is 5.34. The summed E-state index contributed by atoms with van der Waals surface area (Å²) in [6.45, 7) is 10.5. The van der Waals surface area contributed by atoms with Gasteiger partial charge in [-0.15, -0.1) is 0 Å². The van der Waals surface area contributed by atoms with Crippen molar-refractivity contribution < 1.29 is 4.79 Å². The first-order chi connectivity index (χ1) is 8.08. The third-order valence-electron chi connectivity index (χ3n) is 3.03. The van der Waals surface area contributed by atoms with Crippen LogP contribution in [0.4, 0.5) is 0 Å². The van der Waals surface area contributed by atoms with Gasteiger partial charge >= 0.3 is 0 Å². The highest BCUT2D eigenvalue weighted by atomic mass is 16.1. The number of nitrogens with zero attached hydrogens (tertiary/aromatic N) is 1. The zero-order valence-corrected chi connectivity index (χ0v) is 11.5. The van der Waals surface area contributed by atoms with Gasteiger partial charge in [0.05, 0.1) is 0 Å². The summed E-state index contributed by atoms with van der Waals surface area (Å²) in [5, 5.41) is 6.31. The second-order valence-corrected chi connectivity index (χ2v) is 5.34. The molecule has 0 radical (unpaired) electrons. The van der Waals surface area contributed by atoms with Gasteiger partial charge in [0, 0.05) is 31.6 Å². The quantitative estimate of drug-likeness (QED) is 0.698. The Hall–Kier alpha value is -0.610. The van der Waals surface area contributed by atoms with Gasteiger partial charge < -0.3 is 15.5 Å². The Balaban J connectivity index is 2.03. The number of carbonyl (C=O) groups excluding carboxylic acids is 1. The number of nitrogens with one attached hydrogen (secondary N) is 2. The molecule has 1 amide bonds. The summed E-state index contributed by atoms with van der Waals surface area (Å²) in [7, 11) is 0. The number of hydrogen-bond acceptors (Lipinski definition) is 3. The predicted molar refractivity (Wildman–Crippen MR) is 71.0 cm³/mol. The maximum absolute atomic E-state index is 11.4. The zero-order valence-electron chi connectivity index (χ0n) is 11.5. The summed E-state index contributed by atoms with van der Waals surface area (Å²) in [4.78, 5) is 13.9. The molecule has 1 fully saturated rings. The third-order valence-corrected chi connectivity index (χ3v) is 3.03. The number of amides is 1. The van der Waals surface area contributed by atoms with Gasteiger partial charge in [-0.1, -0.05) is 0 Å².